The van der Waals surface area contributed by atoms with Crippen LogP contribution in [0, 0.1) is 12.3 Å². The van der Waals surface area contributed by atoms with Crippen LogP contribution < -0.4 is 10.6 Å². The van der Waals surface area contributed by atoms with Crippen molar-refractivity contribution in [3.63, 3.8) is 0 Å². The number of nitrogens with zero attached hydrogens (tertiary/aromatic N) is 2. The van der Waals surface area contributed by atoms with Crippen LogP contribution in [0.25, 0.3) is 11.5 Å². The molecule has 134 valence electrons. The molecule has 0 bridgehead atoms. The van der Waals surface area contributed by atoms with E-state index < -0.39 is 0 Å². The van der Waals surface area contributed by atoms with Crippen molar-refractivity contribution in [2.45, 2.75) is 45.8 Å². The van der Waals surface area contributed by atoms with Gasteiger partial charge in [0, 0.05) is 29.8 Å². The minimum atomic E-state index is -0.234. The fraction of sp³-hybridized carbons (Fsp3) is 0.500. The van der Waals surface area contributed by atoms with E-state index >= 15 is 0 Å². The highest BCUT2D eigenvalue weighted by molar-refractivity contribution is 5.91. The van der Waals surface area contributed by atoms with Gasteiger partial charge in [-0.15, -0.1) is 10.2 Å². The van der Waals surface area contributed by atoms with Crippen LogP contribution in [-0.2, 0) is 4.74 Å². The smallest absolute Gasteiger partial charge is 0.319 e. The first-order valence-corrected chi connectivity index (χ1v) is 8.27. The van der Waals surface area contributed by atoms with E-state index in [-0.39, 0.29) is 23.1 Å². The second kappa shape index (κ2) is 6.15. The summed E-state index contributed by atoms with van der Waals surface area (Å²) in [6, 6.07) is 5.43. The molecule has 3 rings (SSSR count). The molecular weight excluding hydrogens is 320 g/mol. The van der Waals surface area contributed by atoms with Crippen LogP contribution in [0.2, 0.25) is 0 Å². The maximum atomic E-state index is 12.4. The van der Waals surface area contributed by atoms with Crippen LogP contribution in [0.3, 0.4) is 0 Å². The first-order valence-electron chi connectivity index (χ1n) is 8.27. The molecule has 1 heterocycles. The number of rotatable bonds is 4. The second-order valence-corrected chi connectivity index (χ2v) is 7.29. The number of nitrogens with one attached hydrogen (secondary N) is 2. The van der Waals surface area contributed by atoms with Crippen molar-refractivity contribution in [2.75, 3.05) is 12.4 Å². The van der Waals surface area contributed by atoms with Gasteiger partial charge in [0.25, 0.3) is 0 Å². The van der Waals surface area contributed by atoms with E-state index in [4.69, 9.17) is 9.15 Å². The van der Waals surface area contributed by atoms with Gasteiger partial charge in [0.2, 0.25) is 12.3 Å². The molecule has 1 aromatic heterocycles. The fourth-order valence-electron chi connectivity index (χ4n) is 3.23. The number of carbonyl (C=O) groups is 1. The van der Waals surface area contributed by atoms with Crippen molar-refractivity contribution < 1.29 is 13.9 Å². The van der Waals surface area contributed by atoms with Crippen LogP contribution in [0.15, 0.2) is 29.0 Å². The Morgan fingerprint density at radius 3 is 2.72 bits per heavy atom. The van der Waals surface area contributed by atoms with E-state index in [2.05, 4.69) is 41.6 Å². The molecule has 1 aliphatic rings. The Balaban J connectivity index is 1.69. The molecule has 0 radical (unpaired) electrons. The van der Waals surface area contributed by atoms with Crippen molar-refractivity contribution in [3.8, 4) is 11.5 Å². The maximum absolute atomic E-state index is 12.4. The van der Waals surface area contributed by atoms with Gasteiger partial charge in [0.1, 0.15) is 0 Å². The topological polar surface area (TPSA) is 89.3 Å². The van der Waals surface area contributed by atoms with Gasteiger partial charge in [0.05, 0.1) is 5.60 Å². The zero-order valence-electron chi connectivity index (χ0n) is 15.2. The van der Waals surface area contributed by atoms with Crippen molar-refractivity contribution >= 4 is 11.7 Å². The Morgan fingerprint density at radius 1 is 1.36 bits per heavy atom. The van der Waals surface area contributed by atoms with Gasteiger partial charge >= 0.3 is 6.03 Å². The number of carbonyl (C=O) groups excluding carboxylic acids is 1. The molecule has 1 fully saturated rings. The number of hydrogen-bond acceptors (Lipinski definition) is 5. The third kappa shape index (κ3) is 3.00. The predicted octanol–water partition coefficient (Wildman–Crippen LogP) is 3.37. The van der Waals surface area contributed by atoms with E-state index in [0.717, 1.165) is 17.5 Å². The van der Waals surface area contributed by atoms with Gasteiger partial charge in [-0.2, -0.15) is 0 Å². The molecule has 1 aliphatic carbocycles. The molecule has 2 aromatic rings. The summed E-state index contributed by atoms with van der Waals surface area (Å²) in [4.78, 5) is 12.4. The monoisotopic (exact) mass is 344 g/mol. The molecule has 2 amide bonds. The average molecular weight is 344 g/mol. The summed E-state index contributed by atoms with van der Waals surface area (Å²) in [5, 5.41) is 13.5. The van der Waals surface area contributed by atoms with Crippen LogP contribution in [0.5, 0.6) is 0 Å². The minimum absolute atomic E-state index is 0.0527. The van der Waals surface area contributed by atoms with Gasteiger partial charge in [0.15, 0.2) is 0 Å². The minimum Gasteiger partial charge on any atom is -0.423 e. The molecule has 0 aliphatic heterocycles. The number of aryl methyl sites for hydroxylation is 1. The highest BCUT2D eigenvalue weighted by Crippen LogP contribution is 2.51. The van der Waals surface area contributed by atoms with Crippen molar-refractivity contribution in [3.05, 3.63) is 30.2 Å². The van der Waals surface area contributed by atoms with Gasteiger partial charge < -0.3 is 19.8 Å². The average Bonchev–Trinajstić information content (AvgIpc) is 3.10. The number of amides is 2. The third-order valence-corrected chi connectivity index (χ3v) is 5.68. The lowest BCUT2D eigenvalue weighted by Crippen LogP contribution is -2.68. The Kier molecular flexibility index (Phi) is 4.28. The summed E-state index contributed by atoms with van der Waals surface area (Å²) in [6.45, 7) is 8.21. The molecule has 7 heteroatoms. The zero-order valence-corrected chi connectivity index (χ0v) is 15.2. The number of methoxy groups -OCH3 is 1. The van der Waals surface area contributed by atoms with E-state index in [1.54, 1.807) is 7.11 Å². The van der Waals surface area contributed by atoms with Gasteiger partial charge in [-0.05, 0) is 38.0 Å². The molecule has 2 atom stereocenters. The fourth-order valence-corrected chi connectivity index (χ4v) is 3.23. The van der Waals surface area contributed by atoms with E-state index in [1.807, 2.05) is 25.1 Å². The summed E-state index contributed by atoms with van der Waals surface area (Å²) < 4.78 is 10.8. The zero-order chi connectivity index (χ0) is 18.2. The lowest BCUT2D eigenvalue weighted by Gasteiger charge is -2.59. The number of aromatic nitrogens is 2. The Labute approximate surface area is 147 Å². The molecule has 1 aromatic carbocycles. The molecule has 0 saturated heterocycles. The maximum Gasteiger partial charge on any atom is 0.319 e. The molecule has 1 saturated carbocycles. The molecular formula is C18H24N4O3. The van der Waals surface area contributed by atoms with E-state index in [9.17, 15) is 4.79 Å². The highest BCUT2D eigenvalue weighted by Gasteiger charge is 2.58. The van der Waals surface area contributed by atoms with Crippen LogP contribution in [0.1, 0.15) is 32.8 Å². The Morgan fingerprint density at radius 2 is 2.12 bits per heavy atom. The van der Waals surface area contributed by atoms with Crippen LogP contribution in [0.4, 0.5) is 10.5 Å². The number of urea groups is 1. The van der Waals surface area contributed by atoms with Crippen molar-refractivity contribution in [1.29, 1.82) is 0 Å². The van der Waals surface area contributed by atoms with Crippen LogP contribution >= 0.6 is 0 Å². The molecule has 2 unspecified atom stereocenters. The molecule has 25 heavy (non-hydrogen) atoms. The predicted molar refractivity (Wildman–Crippen MR) is 94.2 cm³/mol. The Hall–Kier alpha value is -2.41. The number of anilines is 1. The standard InChI is InChI=1S/C18H24N4O3/c1-11-6-7-12(15-22-19-10-25-15)8-13(11)20-16(23)21-14-9-18(4,24-5)17(14,2)3/h6-8,10,14H,9H2,1-5H3,(H2,20,21,23). The van der Waals surface area contributed by atoms with Gasteiger partial charge in [-0.3, -0.25) is 0 Å². The quantitative estimate of drug-likeness (QED) is 0.887. The largest absolute Gasteiger partial charge is 0.423 e. The summed E-state index contributed by atoms with van der Waals surface area (Å²) in [6.07, 6.45) is 2.06. The molecule has 2 N–H and O–H groups in total. The van der Waals surface area contributed by atoms with Crippen molar-refractivity contribution in [2.24, 2.45) is 5.41 Å². The number of ether oxygens (including phenoxy) is 1. The summed E-state index contributed by atoms with van der Waals surface area (Å²) in [7, 11) is 1.71. The second-order valence-electron chi connectivity index (χ2n) is 7.29. The SMILES string of the molecule is COC1(C)CC(NC(=O)Nc2cc(-c3nnco3)ccc2C)C1(C)C. The van der Waals surface area contributed by atoms with E-state index in [1.165, 1.54) is 6.39 Å². The Bertz CT molecular complexity index is 773. The summed E-state index contributed by atoms with van der Waals surface area (Å²) in [5.74, 6) is 0.416. The van der Waals surface area contributed by atoms with Crippen LogP contribution in [-0.4, -0.2) is 35.0 Å². The highest BCUT2D eigenvalue weighted by atomic mass is 16.5. The van der Waals surface area contributed by atoms with Gasteiger partial charge in [-0.25, -0.2) is 4.79 Å². The normalized spacial score (nSPS) is 24.4. The summed E-state index contributed by atoms with van der Waals surface area (Å²) in [5.41, 5.74) is 2.06. The first-order chi connectivity index (χ1) is 11.8. The van der Waals surface area contributed by atoms with Gasteiger partial charge in [-0.1, -0.05) is 19.9 Å². The van der Waals surface area contributed by atoms with E-state index in [0.29, 0.717) is 11.6 Å². The summed E-state index contributed by atoms with van der Waals surface area (Å²) >= 11 is 0. The number of hydrogen-bond donors (Lipinski definition) is 2. The number of benzene rings is 1. The third-order valence-electron chi connectivity index (χ3n) is 5.68. The van der Waals surface area contributed by atoms with Crippen molar-refractivity contribution in [1.82, 2.24) is 15.5 Å². The lowest BCUT2D eigenvalue weighted by atomic mass is 9.56. The first kappa shape index (κ1) is 17.4. The molecule has 7 nitrogen and oxygen atoms in total. The lowest BCUT2D eigenvalue weighted by molar-refractivity contribution is -0.177. The molecule has 0 spiro atoms.